The van der Waals surface area contributed by atoms with Crippen LogP contribution in [0.4, 0.5) is 0 Å². The molecule has 2 heterocycles. The third kappa shape index (κ3) is 3.59. The van der Waals surface area contributed by atoms with Crippen molar-refractivity contribution in [2.45, 2.75) is 0 Å². The molecule has 0 spiro atoms. The summed E-state index contributed by atoms with van der Waals surface area (Å²) in [6, 6.07) is 30.1. The first kappa shape index (κ1) is 19.1. The minimum absolute atomic E-state index is 0. The number of benzene rings is 3. The Hall–Kier alpha value is -3.23. The summed E-state index contributed by atoms with van der Waals surface area (Å²) >= 11 is 0. The Morgan fingerprint density at radius 2 is 1.48 bits per heavy atom. The number of imidazole rings is 1. The van der Waals surface area contributed by atoms with E-state index in [-0.39, 0.29) is 26.8 Å². The summed E-state index contributed by atoms with van der Waals surface area (Å²) in [5.41, 5.74) is 5.99. The average Bonchev–Trinajstić information content (AvgIpc) is 3.19. The molecule has 0 amide bonds. The summed E-state index contributed by atoms with van der Waals surface area (Å²) in [7, 11) is 0. The zero-order valence-electron chi connectivity index (χ0n) is 15.2. The molecule has 0 atom stereocenters. The van der Waals surface area contributed by atoms with E-state index in [0.29, 0.717) is 11.4 Å². The van der Waals surface area contributed by atoms with Gasteiger partial charge in [0.2, 0.25) is 0 Å². The number of nitrogens with one attached hydrogen (secondary N) is 1. The minimum Gasteiger partial charge on any atom is -0.507 e. The van der Waals surface area contributed by atoms with E-state index in [9.17, 15) is 5.11 Å². The van der Waals surface area contributed by atoms with Crippen LogP contribution in [0.1, 0.15) is 0 Å². The van der Waals surface area contributed by atoms with Gasteiger partial charge in [-0.1, -0.05) is 36.4 Å². The second-order valence-electron chi connectivity index (χ2n) is 6.49. The fourth-order valence-corrected chi connectivity index (χ4v) is 3.33. The topological polar surface area (TPSA) is 61.8 Å². The summed E-state index contributed by atoms with van der Waals surface area (Å²) in [4.78, 5) is 12.9. The van der Waals surface area contributed by atoms with Gasteiger partial charge in [-0.05, 0) is 30.0 Å². The van der Waals surface area contributed by atoms with Gasteiger partial charge in [-0.15, -0.1) is 35.9 Å². The molecule has 0 aliphatic heterocycles. The van der Waals surface area contributed by atoms with Crippen LogP contribution in [0.25, 0.3) is 44.9 Å². The van der Waals surface area contributed by atoms with Gasteiger partial charge < -0.3 is 10.1 Å². The molecular formula is C24H16N3OPt-. The zero-order valence-corrected chi connectivity index (χ0v) is 17.5. The quantitative estimate of drug-likeness (QED) is 0.290. The van der Waals surface area contributed by atoms with Crippen LogP contribution < -0.4 is 0 Å². The van der Waals surface area contributed by atoms with E-state index >= 15 is 0 Å². The smallest absolute Gasteiger partial charge is 0.142 e. The molecule has 0 fully saturated rings. The van der Waals surface area contributed by atoms with Gasteiger partial charge in [-0.3, -0.25) is 4.98 Å². The first-order valence-corrected chi connectivity index (χ1v) is 9.01. The number of rotatable bonds is 3. The van der Waals surface area contributed by atoms with Crippen LogP contribution in [0.5, 0.6) is 5.75 Å². The summed E-state index contributed by atoms with van der Waals surface area (Å²) in [5, 5.41) is 10.2. The van der Waals surface area contributed by atoms with Crippen molar-refractivity contribution < 1.29 is 26.2 Å². The Morgan fingerprint density at radius 1 is 0.724 bits per heavy atom. The van der Waals surface area contributed by atoms with Gasteiger partial charge in [0.25, 0.3) is 0 Å². The van der Waals surface area contributed by atoms with Gasteiger partial charge in [-0.2, -0.15) is 0 Å². The number of para-hydroxylation sites is 2. The van der Waals surface area contributed by atoms with Crippen molar-refractivity contribution in [2.75, 3.05) is 0 Å². The van der Waals surface area contributed by atoms with E-state index in [4.69, 9.17) is 9.97 Å². The van der Waals surface area contributed by atoms with Crippen molar-refractivity contribution in [3.63, 3.8) is 0 Å². The molecule has 4 nitrogen and oxygen atoms in total. The molecule has 144 valence electrons. The van der Waals surface area contributed by atoms with E-state index in [2.05, 4.69) is 11.1 Å². The second-order valence-corrected chi connectivity index (χ2v) is 6.49. The summed E-state index contributed by atoms with van der Waals surface area (Å²) in [6.45, 7) is 0. The predicted octanol–water partition coefficient (Wildman–Crippen LogP) is 5.46. The molecule has 3 aromatic carbocycles. The molecule has 0 saturated carbocycles. The number of pyridine rings is 1. The van der Waals surface area contributed by atoms with Crippen LogP contribution >= 0.6 is 0 Å². The third-order valence-corrected chi connectivity index (χ3v) is 4.68. The number of nitrogens with zero attached hydrogens (tertiary/aromatic N) is 2. The maximum absolute atomic E-state index is 10.2. The van der Waals surface area contributed by atoms with Crippen molar-refractivity contribution >= 4 is 11.0 Å². The molecule has 29 heavy (non-hydrogen) atoms. The summed E-state index contributed by atoms with van der Waals surface area (Å²) in [5.74, 6) is 0.830. The number of phenols is 1. The van der Waals surface area contributed by atoms with Crippen molar-refractivity contribution in [3.05, 3.63) is 91.0 Å². The van der Waals surface area contributed by atoms with Gasteiger partial charge in [-0.25, -0.2) is 4.98 Å². The molecule has 5 heteroatoms. The maximum atomic E-state index is 10.2. The Morgan fingerprint density at radius 3 is 2.31 bits per heavy atom. The Labute approximate surface area is 182 Å². The molecule has 2 aromatic heterocycles. The first-order valence-electron chi connectivity index (χ1n) is 9.01. The fourth-order valence-electron chi connectivity index (χ4n) is 3.33. The normalized spacial score (nSPS) is 10.6. The zero-order chi connectivity index (χ0) is 18.9. The largest absolute Gasteiger partial charge is 0.507 e. The summed E-state index contributed by atoms with van der Waals surface area (Å²) in [6.07, 6.45) is 0. The third-order valence-electron chi connectivity index (χ3n) is 4.68. The standard InChI is InChI=1S/C24H16N3O.Pt/c28-22-15-5-4-10-18(22)24-26-21-14-6-11-17(23(21)27-24)20-13-7-12-19(25-20)16-8-2-1-3-9-16;/h1-8,10-15,28H,(H,26,27);/q-1;. The van der Waals surface area contributed by atoms with Crippen LogP contribution in [0.15, 0.2) is 84.9 Å². The number of aromatic hydroxyl groups is 1. The van der Waals surface area contributed by atoms with Crippen molar-refractivity contribution in [2.24, 2.45) is 0 Å². The molecule has 2 N–H and O–H groups in total. The number of fused-ring (bicyclic) bond motifs is 1. The minimum atomic E-state index is 0. The van der Waals surface area contributed by atoms with Crippen molar-refractivity contribution in [1.82, 2.24) is 15.0 Å². The first-order chi connectivity index (χ1) is 13.8. The van der Waals surface area contributed by atoms with Gasteiger partial charge in [0.05, 0.1) is 22.3 Å². The fraction of sp³-hybridized carbons (Fsp3) is 0. The van der Waals surface area contributed by atoms with Crippen LogP contribution in [0, 0.1) is 6.07 Å². The number of aromatic amines is 1. The van der Waals surface area contributed by atoms with E-state index in [1.54, 1.807) is 12.1 Å². The monoisotopic (exact) mass is 557 g/mol. The van der Waals surface area contributed by atoms with E-state index in [0.717, 1.165) is 33.5 Å². The van der Waals surface area contributed by atoms with Crippen LogP contribution in [-0.4, -0.2) is 20.1 Å². The molecule has 0 aliphatic rings. The average molecular weight is 557 g/mol. The molecule has 0 radical (unpaired) electrons. The number of H-pyrrole nitrogens is 1. The van der Waals surface area contributed by atoms with Crippen LogP contribution in [0.2, 0.25) is 0 Å². The number of hydrogen-bond acceptors (Lipinski definition) is 3. The number of aromatic nitrogens is 3. The van der Waals surface area contributed by atoms with E-state index in [1.807, 2.05) is 72.8 Å². The van der Waals surface area contributed by atoms with E-state index in [1.165, 1.54) is 0 Å². The van der Waals surface area contributed by atoms with Gasteiger partial charge in [0, 0.05) is 26.6 Å². The molecule has 5 aromatic rings. The summed E-state index contributed by atoms with van der Waals surface area (Å²) < 4.78 is 0. The maximum Gasteiger partial charge on any atom is 0.142 e. The molecule has 0 unspecified atom stereocenters. The SMILES string of the molecule is Oc1ccccc1-c1nc2c(-c3cccc(-c4[c-]cccc4)n3)cccc2[nH]1.[Pt]. The molecule has 0 saturated heterocycles. The van der Waals surface area contributed by atoms with Gasteiger partial charge >= 0.3 is 0 Å². The van der Waals surface area contributed by atoms with Crippen molar-refractivity contribution in [1.29, 1.82) is 0 Å². The number of phenolic OH excluding ortho intramolecular Hbond substituents is 1. The Balaban J connectivity index is 0.00000205. The predicted molar refractivity (Wildman–Crippen MR) is 111 cm³/mol. The van der Waals surface area contributed by atoms with Gasteiger partial charge in [0.1, 0.15) is 11.6 Å². The van der Waals surface area contributed by atoms with Crippen LogP contribution in [-0.2, 0) is 21.1 Å². The van der Waals surface area contributed by atoms with Crippen molar-refractivity contribution in [3.8, 4) is 39.7 Å². The number of hydrogen-bond donors (Lipinski definition) is 2. The Bertz CT molecular complexity index is 1280. The van der Waals surface area contributed by atoms with Gasteiger partial charge in [0.15, 0.2) is 0 Å². The molecule has 5 rings (SSSR count). The second kappa shape index (κ2) is 8.02. The van der Waals surface area contributed by atoms with Crippen LogP contribution in [0.3, 0.4) is 0 Å². The molecule has 0 aliphatic carbocycles. The molecular weight excluding hydrogens is 541 g/mol. The Kier molecular flexibility index (Phi) is 5.28. The molecule has 0 bridgehead atoms. The van der Waals surface area contributed by atoms with E-state index < -0.39 is 0 Å².